The van der Waals surface area contributed by atoms with Gasteiger partial charge in [0.1, 0.15) is 0 Å². The second-order valence-corrected chi connectivity index (χ2v) is 6.25. The molecule has 1 atom stereocenters. The largest absolute Gasteiger partial charge is 0.117 e. The van der Waals surface area contributed by atoms with E-state index in [1.165, 1.54) is 0 Å². The van der Waals surface area contributed by atoms with Crippen molar-refractivity contribution in [2.45, 2.75) is 11.8 Å². The van der Waals surface area contributed by atoms with E-state index in [0.29, 0.717) is 5.02 Å². The van der Waals surface area contributed by atoms with Gasteiger partial charge in [-0.15, -0.1) is 11.6 Å². The molecule has 2 rings (SSSR count). The lowest BCUT2D eigenvalue weighted by molar-refractivity contribution is 0.919. The Balaban J connectivity index is 2.18. The normalized spacial score (nSPS) is 12.4. The van der Waals surface area contributed by atoms with Crippen molar-refractivity contribution in [2.75, 3.05) is 0 Å². The maximum absolute atomic E-state index is 6.42. The molecule has 0 aliphatic heterocycles. The van der Waals surface area contributed by atoms with Crippen LogP contribution in [0.15, 0.2) is 46.9 Å². The average Bonchev–Trinajstić information content (AvgIpc) is 2.35. The first-order chi connectivity index (χ1) is 8.56. The predicted octanol–water partition coefficient (Wildman–Crippen LogP) is 6.28. The van der Waals surface area contributed by atoms with Gasteiger partial charge in [0.05, 0.1) is 5.38 Å². The highest BCUT2D eigenvalue weighted by molar-refractivity contribution is 9.10. The number of rotatable bonds is 3. The third-order valence-electron chi connectivity index (χ3n) is 2.62. The van der Waals surface area contributed by atoms with Gasteiger partial charge in [0, 0.05) is 14.5 Å². The molecule has 2 aromatic carbocycles. The van der Waals surface area contributed by atoms with Gasteiger partial charge in [-0.3, -0.25) is 0 Å². The standard InChI is InChI=1S/C14H10BrCl3/c15-10-3-6-13(17)12(8-10)14(18)7-9-1-4-11(16)5-2-9/h1-6,8,14H,7H2. The number of hydrogen-bond acceptors (Lipinski definition) is 0. The van der Waals surface area contributed by atoms with E-state index in [9.17, 15) is 0 Å². The smallest absolute Gasteiger partial charge is 0.0640 e. The van der Waals surface area contributed by atoms with Gasteiger partial charge in [-0.2, -0.15) is 0 Å². The van der Waals surface area contributed by atoms with Crippen LogP contribution >= 0.6 is 50.7 Å². The van der Waals surface area contributed by atoms with Gasteiger partial charge in [-0.05, 0) is 47.9 Å². The van der Waals surface area contributed by atoms with Crippen molar-refractivity contribution < 1.29 is 0 Å². The summed E-state index contributed by atoms with van der Waals surface area (Å²) in [6.07, 6.45) is 0.717. The number of alkyl halides is 1. The molecule has 0 aliphatic carbocycles. The van der Waals surface area contributed by atoms with Gasteiger partial charge in [-0.1, -0.05) is 51.3 Å². The molecule has 0 fully saturated rings. The Morgan fingerprint density at radius 3 is 2.33 bits per heavy atom. The summed E-state index contributed by atoms with van der Waals surface area (Å²) < 4.78 is 0.976. The fraction of sp³-hybridized carbons (Fsp3) is 0.143. The lowest BCUT2D eigenvalue weighted by atomic mass is 10.0. The Hall–Kier alpha value is -0.210. The monoisotopic (exact) mass is 362 g/mol. The van der Waals surface area contributed by atoms with Crippen LogP contribution in [0.2, 0.25) is 10.0 Å². The molecule has 0 amide bonds. The van der Waals surface area contributed by atoms with Crippen molar-refractivity contribution in [3.8, 4) is 0 Å². The number of benzene rings is 2. The minimum absolute atomic E-state index is 0.156. The Kier molecular flexibility index (Phi) is 4.97. The molecule has 2 aromatic rings. The van der Waals surface area contributed by atoms with E-state index in [0.717, 1.165) is 27.0 Å². The van der Waals surface area contributed by atoms with Crippen LogP contribution in [-0.2, 0) is 6.42 Å². The molecule has 1 unspecified atom stereocenters. The second kappa shape index (κ2) is 6.29. The van der Waals surface area contributed by atoms with E-state index in [1.807, 2.05) is 42.5 Å². The molecule has 0 bridgehead atoms. The molecule has 0 nitrogen and oxygen atoms in total. The van der Waals surface area contributed by atoms with Gasteiger partial charge in [0.15, 0.2) is 0 Å². The van der Waals surface area contributed by atoms with Crippen LogP contribution in [0.3, 0.4) is 0 Å². The van der Waals surface area contributed by atoms with E-state index in [1.54, 1.807) is 0 Å². The van der Waals surface area contributed by atoms with Crippen LogP contribution in [0.1, 0.15) is 16.5 Å². The first-order valence-corrected chi connectivity index (χ1v) is 7.38. The quantitative estimate of drug-likeness (QED) is 0.562. The fourth-order valence-corrected chi connectivity index (χ4v) is 2.86. The molecule has 0 spiro atoms. The van der Waals surface area contributed by atoms with Gasteiger partial charge < -0.3 is 0 Å². The average molecular weight is 364 g/mol. The Labute approximate surface area is 130 Å². The zero-order chi connectivity index (χ0) is 13.1. The third-order valence-corrected chi connectivity index (χ3v) is 4.10. The predicted molar refractivity (Wildman–Crippen MR) is 82.9 cm³/mol. The lowest BCUT2D eigenvalue weighted by Crippen LogP contribution is -1.97. The van der Waals surface area contributed by atoms with Crippen LogP contribution in [0.25, 0.3) is 0 Å². The molecule has 0 saturated carbocycles. The molecule has 4 heteroatoms. The summed E-state index contributed by atoms with van der Waals surface area (Å²) in [5.74, 6) is 0. The Bertz CT molecular complexity index is 537. The van der Waals surface area contributed by atoms with Crippen LogP contribution in [0.5, 0.6) is 0 Å². The highest BCUT2D eigenvalue weighted by atomic mass is 79.9. The van der Waals surface area contributed by atoms with Crippen LogP contribution in [0, 0.1) is 0 Å². The van der Waals surface area contributed by atoms with Crippen molar-refractivity contribution in [3.63, 3.8) is 0 Å². The van der Waals surface area contributed by atoms with Gasteiger partial charge in [0.25, 0.3) is 0 Å². The summed E-state index contributed by atoms with van der Waals surface area (Å²) in [7, 11) is 0. The number of halogens is 4. The molecular weight excluding hydrogens is 354 g/mol. The molecule has 0 N–H and O–H groups in total. The SMILES string of the molecule is Clc1ccc(CC(Cl)c2cc(Br)ccc2Cl)cc1. The summed E-state index contributed by atoms with van der Waals surface area (Å²) >= 11 is 21.9. The van der Waals surface area contributed by atoms with Gasteiger partial charge in [0.2, 0.25) is 0 Å². The molecule has 94 valence electrons. The Morgan fingerprint density at radius 2 is 1.67 bits per heavy atom. The lowest BCUT2D eigenvalue weighted by Gasteiger charge is -2.12. The summed E-state index contributed by atoms with van der Waals surface area (Å²) in [5.41, 5.74) is 2.07. The van der Waals surface area contributed by atoms with Crippen molar-refractivity contribution >= 4 is 50.7 Å². The fourth-order valence-electron chi connectivity index (χ4n) is 1.69. The molecule has 18 heavy (non-hydrogen) atoms. The molecular formula is C14H10BrCl3. The zero-order valence-electron chi connectivity index (χ0n) is 9.34. The van der Waals surface area contributed by atoms with Crippen molar-refractivity contribution in [2.24, 2.45) is 0 Å². The van der Waals surface area contributed by atoms with Crippen LogP contribution in [0.4, 0.5) is 0 Å². The maximum atomic E-state index is 6.42. The Morgan fingerprint density at radius 1 is 1.00 bits per heavy atom. The highest BCUT2D eigenvalue weighted by Crippen LogP contribution is 2.33. The maximum Gasteiger partial charge on any atom is 0.0640 e. The summed E-state index contributed by atoms with van der Waals surface area (Å²) in [5, 5.41) is 1.26. The molecule has 0 heterocycles. The topological polar surface area (TPSA) is 0 Å². The van der Waals surface area contributed by atoms with E-state index in [-0.39, 0.29) is 5.38 Å². The zero-order valence-corrected chi connectivity index (χ0v) is 13.2. The van der Waals surface area contributed by atoms with E-state index >= 15 is 0 Å². The minimum Gasteiger partial charge on any atom is -0.117 e. The minimum atomic E-state index is -0.156. The van der Waals surface area contributed by atoms with Crippen molar-refractivity contribution in [3.05, 3.63) is 68.1 Å². The molecule has 0 radical (unpaired) electrons. The van der Waals surface area contributed by atoms with Gasteiger partial charge in [-0.25, -0.2) is 0 Å². The molecule has 0 saturated heterocycles. The molecule has 0 aliphatic rings. The van der Waals surface area contributed by atoms with Crippen LogP contribution < -0.4 is 0 Å². The first-order valence-electron chi connectivity index (χ1n) is 5.40. The van der Waals surface area contributed by atoms with E-state index in [2.05, 4.69) is 15.9 Å². The van der Waals surface area contributed by atoms with Gasteiger partial charge >= 0.3 is 0 Å². The molecule has 0 aromatic heterocycles. The summed E-state index contributed by atoms with van der Waals surface area (Å²) in [4.78, 5) is 0. The van der Waals surface area contributed by atoms with Crippen LogP contribution in [-0.4, -0.2) is 0 Å². The van der Waals surface area contributed by atoms with E-state index in [4.69, 9.17) is 34.8 Å². The second-order valence-electron chi connectivity index (χ2n) is 3.96. The summed E-state index contributed by atoms with van der Waals surface area (Å²) in [6.45, 7) is 0. The van der Waals surface area contributed by atoms with Crippen molar-refractivity contribution in [1.29, 1.82) is 0 Å². The van der Waals surface area contributed by atoms with E-state index < -0.39 is 0 Å². The third kappa shape index (κ3) is 3.64. The van der Waals surface area contributed by atoms with Crippen molar-refractivity contribution in [1.82, 2.24) is 0 Å². The number of hydrogen-bond donors (Lipinski definition) is 0. The highest BCUT2D eigenvalue weighted by Gasteiger charge is 2.13. The first kappa shape index (κ1) is 14.2. The summed E-state index contributed by atoms with van der Waals surface area (Å²) in [6, 6.07) is 13.4.